The van der Waals surface area contributed by atoms with E-state index in [9.17, 15) is 30.3 Å². The van der Waals surface area contributed by atoms with Crippen LogP contribution in [-0.4, -0.2) is 125 Å². The van der Waals surface area contributed by atoms with E-state index in [1.807, 2.05) is 6.92 Å². The van der Waals surface area contributed by atoms with Gasteiger partial charge in [-0.05, 0) is 49.6 Å². The molecule has 0 aromatic heterocycles. The van der Waals surface area contributed by atoms with E-state index in [4.69, 9.17) is 18.9 Å². The van der Waals surface area contributed by atoms with Crippen LogP contribution in [0.4, 0.5) is 0 Å². The Kier molecular flexibility index (Phi) is 6.27. The summed E-state index contributed by atoms with van der Waals surface area (Å²) in [5, 5.41) is 61.3. The lowest BCUT2D eigenvalue weighted by Gasteiger charge is -2.72. The van der Waals surface area contributed by atoms with E-state index in [2.05, 4.69) is 4.90 Å². The number of hydrogen-bond donors (Lipinski definition) is 5. The van der Waals surface area contributed by atoms with Crippen molar-refractivity contribution >= 4 is 5.97 Å². The average molecular weight is 590 g/mol. The van der Waals surface area contributed by atoms with Gasteiger partial charge in [-0.25, -0.2) is 4.79 Å². The van der Waals surface area contributed by atoms with Crippen molar-refractivity contribution in [3.05, 3.63) is 29.8 Å². The Bertz CT molecular complexity index is 1260. The number of carbonyl (C=O) groups is 1. The van der Waals surface area contributed by atoms with Crippen molar-refractivity contribution in [2.45, 2.75) is 79.9 Å². The first-order chi connectivity index (χ1) is 19.9. The number of methoxy groups -OCH3 is 3. The fraction of sp³-hybridized carbons (Fsp3) is 0.774. The molecule has 42 heavy (non-hydrogen) atoms. The molecule has 13 unspecified atom stereocenters. The number of carbonyl (C=O) groups excluding carboxylic acids is 1. The quantitative estimate of drug-likeness (QED) is 0.272. The van der Waals surface area contributed by atoms with E-state index < -0.39 is 75.8 Å². The van der Waals surface area contributed by atoms with Gasteiger partial charge >= 0.3 is 5.97 Å². The van der Waals surface area contributed by atoms with Gasteiger partial charge in [0.25, 0.3) is 0 Å². The number of benzene rings is 1. The third kappa shape index (κ3) is 3.02. The maximum absolute atomic E-state index is 13.5. The number of ether oxygens (including phenoxy) is 4. The number of aliphatic hydroxyl groups is 5. The summed E-state index contributed by atoms with van der Waals surface area (Å²) in [5.41, 5.74) is -6.76. The zero-order valence-corrected chi connectivity index (χ0v) is 24.6. The highest BCUT2D eigenvalue weighted by Crippen LogP contribution is 2.80. The van der Waals surface area contributed by atoms with E-state index in [0.717, 1.165) is 0 Å². The van der Waals surface area contributed by atoms with Crippen LogP contribution in [0.5, 0.6) is 5.75 Å². The third-order valence-corrected chi connectivity index (χ3v) is 12.8. The minimum atomic E-state index is -1.84. The SMILES string of the molecule is CCN1CC2(COC)C(O)CC(OC)C34C5CC6(O)C(O)CC(O)(C(CC23O)C14)C5C6OC(=O)c1ccc(OC)cc1. The lowest BCUT2D eigenvalue weighted by atomic mass is 9.41. The monoisotopic (exact) mass is 589 g/mol. The number of fused-ring (bicyclic) bond motifs is 2. The van der Waals surface area contributed by atoms with E-state index >= 15 is 0 Å². The molecule has 0 amide bonds. The maximum atomic E-state index is 13.5. The molecule has 1 saturated heterocycles. The van der Waals surface area contributed by atoms with E-state index in [-0.39, 0.29) is 43.9 Å². The van der Waals surface area contributed by atoms with Crippen molar-refractivity contribution in [1.82, 2.24) is 4.90 Å². The molecule has 13 atom stereocenters. The second-order valence-electron chi connectivity index (χ2n) is 13.8. The molecule has 11 heteroatoms. The van der Waals surface area contributed by atoms with Crippen molar-refractivity contribution in [3.63, 3.8) is 0 Å². The molecule has 1 heterocycles. The predicted molar refractivity (Wildman–Crippen MR) is 147 cm³/mol. The molecule has 7 bridgehead atoms. The van der Waals surface area contributed by atoms with Crippen LogP contribution in [0.2, 0.25) is 0 Å². The Labute approximate surface area is 245 Å². The minimum Gasteiger partial charge on any atom is -0.497 e. The topological polar surface area (TPSA) is 158 Å². The summed E-state index contributed by atoms with van der Waals surface area (Å²) >= 11 is 0. The highest BCUT2D eigenvalue weighted by molar-refractivity contribution is 5.89. The lowest BCUT2D eigenvalue weighted by Crippen LogP contribution is -2.84. The van der Waals surface area contributed by atoms with Gasteiger partial charge < -0.3 is 44.5 Å². The van der Waals surface area contributed by atoms with Crippen LogP contribution in [0.15, 0.2) is 24.3 Å². The number of esters is 1. The van der Waals surface area contributed by atoms with Crippen LogP contribution in [-0.2, 0) is 14.2 Å². The summed E-state index contributed by atoms with van der Waals surface area (Å²) in [4.78, 5) is 15.7. The Morgan fingerprint density at radius 3 is 2.31 bits per heavy atom. The predicted octanol–water partition coefficient (Wildman–Crippen LogP) is -0.0490. The number of rotatable bonds is 7. The Balaban J connectivity index is 1.40. The number of nitrogens with zero attached hydrogens (tertiary/aromatic N) is 1. The normalized spacial score (nSPS) is 51.8. The van der Waals surface area contributed by atoms with Crippen LogP contribution < -0.4 is 4.74 Å². The van der Waals surface area contributed by atoms with Crippen molar-refractivity contribution in [3.8, 4) is 5.75 Å². The summed E-state index contributed by atoms with van der Waals surface area (Å²) in [5.74, 6) is -2.00. The number of piperidine rings is 1. The number of aliphatic hydroxyl groups excluding tert-OH is 2. The second-order valence-corrected chi connectivity index (χ2v) is 13.8. The van der Waals surface area contributed by atoms with Gasteiger partial charge in [0.1, 0.15) is 17.5 Å². The zero-order valence-electron chi connectivity index (χ0n) is 24.6. The molecular formula is C31H43NO10. The van der Waals surface area contributed by atoms with Crippen molar-refractivity contribution in [1.29, 1.82) is 0 Å². The molecule has 7 rings (SSSR count). The van der Waals surface area contributed by atoms with E-state index in [0.29, 0.717) is 18.8 Å². The van der Waals surface area contributed by atoms with Gasteiger partial charge in [-0.15, -0.1) is 0 Å². The molecule has 232 valence electrons. The van der Waals surface area contributed by atoms with Crippen LogP contribution in [0.25, 0.3) is 0 Å². The summed E-state index contributed by atoms with van der Waals surface area (Å²) in [6, 6.07) is 6.07. The standard InChI is InChI=1S/C31H43NO10/c1-5-32-14-27(15-39-2)20(33)10-22(41-4)31-18-11-29(37)21(34)13-28(36,19(24(31)32)12-30(27,31)38)23(18)25(29)42-26(35)16-6-8-17(40-3)9-7-16/h6-9,18-25,33-34,36-38H,5,10-15H2,1-4H3. The van der Waals surface area contributed by atoms with Gasteiger partial charge in [0.2, 0.25) is 0 Å². The van der Waals surface area contributed by atoms with Gasteiger partial charge in [-0.3, -0.25) is 4.90 Å². The Hall–Kier alpha value is -1.83. The van der Waals surface area contributed by atoms with E-state index in [1.54, 1.807) is 38.5 Å². The van der Waals surface area contributed by atoms with Crippen LogP contribution in [0.3, 0.4) is 0 Å². The smallest absolute Gasteiger partial charge is 0.338 e. The molecule has 6 aliphatic rings. The molecule has 1 aliphatic heterocycles. The Morgan fingerprint density at radius 1 is 0.976 bits per heavy atom. The zero-order chi connectivity index (χ0) is 30.0. The molecule has 5 saturated carbocycles. The lowest BCUT2D eigenvalue weighted by molar-refractivity contribution is -0.345. The van der Waals surface area contributed by atoms with Gasteiger partial charge in [0.05, 0.1) is 54.2 Å². The number of likely N-dealkylation sites (tertiary alicyclic amines) is 1. The molecule has 11 nitrogen and oxygen atoms in total. The minimum absolute atomic E-state index is 0.00377. The van der Waals surface area contributed by atoms with E-state index in [1.165, 1.54) is 7.11 Å². The van der Waals surface area contributed by atoms with Crippen LogP contribution in [0.1, 0.15) is 43.0 Å². The van der Waals surface area contributed by atoms with Crippen molar-refractivity contribution < 1.29 is 49.3 Å². The first-order valence-electron chi connectivity index (χ1n) is 15.1. The largest absolute Gasteiger partial charge is 0.497 e. The molecule has 5 aliphatic carbocycles. The van der Waals surface area contributed by atoms with Gasteiger partial charge in [-0.2, -0.15) is 0 Å². The fourth-order valence-corrected chi connectivity index (χ4v) is 11.4. The van der Waals surface area contributed by atoms with Crippen LogP contribution >= 0.6 is 0 Å². The maximum Gasteiger partial charge on any atom is 0.338 e. The molecule has 5 N–H and O–H groups in total. The highest BCUT2D eigenvalue weighted by Gasteiger charge is 2.91. The second kappa shape index (κ2) is 9.10. The molecule has 0 radical (unpaired) electrons. The summed E-state index contributed by atoms with van der Waals surface area (Å²) in [7, 11) is 4.66. The molecule has 1 aromatic rings. The number of hydrogen-bond acceptors (Lipinski definition) is 11. The van der Waals surface area contributed by atoms with Gasteiger partial charge in [0, 0.05) is 56.9 Å². The average Bonchev–Trinajstić information content (AvgIpc) is 3.34. The summed E-state index contributed by atoms with van der Waals surface area (Å²) < 4.78 is 23.1. The first-order valence-corrected chi connectivity index (χ1v) is 15.1. The Morgan fingerprint density at radius 2 is 1.69 bits per heavy atom. The van der Waals surface area contributed by atoms with Crippen molar-refractivity contribution in [2.75, 3.05) is 41.0 Å². The summed E-state index contributed by atoms with van der Waals surface area (Å²) in [6.45, 7) is 3.11. The molecule has 1 aromatic carbocycles. The van der Waals surface area contributed by atoms with Gasteiger partial charge in [0.15, 0.2) is 0 Å². The fourth-order valence-electron chi connectivity index (χ4n) is 11.4. The molecule has 1 spiro atoms. The van der Waals surface area contributed by atoms with Crippen LogP contribution in [0, 0.1) is 28.6 Å². The first kappa shape index (κ1) is 28.9. The summed E-state index contributed by atoms with van der Waals surface area (Å²) in [6.07, 6.45) is -3.80. The molecular weight excluding hydrogens is 546 g/mol. The molecule has 6 fully saturated rings. The van der Waals surface area contributed by atoms with Crippen molar-refractivity contribution in [2.24, 2.45) is 28.6 Å². The third-order valence-electron chi connectivity index (χ3n) is 12.8. The van der Waals surface area contributed by atoms with Gasteiger partial charge in [-0.1, -0.05) is 6.92 Å². The highest BCUT2D eigenvalue weighted by atomic mass is 16.6.